The summed E-state index contributed by atoms with van der Waals surface area (Å²) in [7, 11) is 0. The van der Waals surface area contributed by atoms with Gasteiger partial charge in [-0.15, -0.1) is 0 Å². The van der Waals surface area contributed by atoms with Gasteiger partial charge in [-0.2, -0.15) is 0 Å². The molecule has 0 aliphatic rings. The molecule has 7 amide bonds. The molecule has 0 aliphatic carbocycles. The number of phenolic OH excluding ortho intramolecular Hbond substituents is 1. The molecule has 16 N–H and O–H groups in total. The molecule has 1 aromatic carbocycles. The van der Waals surface area contributed by atoms with Crippen LogP contribution in [-0.4, -0.2) is 192 Å². The van der Waals surface area contributed by atoms with E-state index in [2.05, 4.69) is 37.2 Å². The van der Waals surface area contributed by atoms with Crippen LogP contribution in [0.5, 0.6) is 5.75 Å². The first-order chi connectivity index (χ1) is 30.4. The SMILES string of the molecule is NCCNC(=O)CCN(CCNC(=O)CCN(CCC(=O)NCCc1ccc(O)cc1)CCC(=O)NCCN(CCC(=O)NCCN)CCC(=O)NCCN)CCC(=O)NCCN. The number of hydrogen-bond acceptors (Lipinski definition) is 15. The van der Waals surface area contributed by atoms with Crippen LogP contribution in [0.25, 0.3) is 0 Å². The largest absolute Gasteiger partial charge is 0.508 e. The van der Waals surface area contributed by atoms with Gasteiger partial charge in [0.1, 0.15) is 5.75 Å². The Morgan fingerprint density at radius 1 is 0.365 bits per heavy atom. The van der Waals surface area contributed by atoms with Crippen molar-refractivity contribution in [3.05, 3.63) is 29.8 Å². The second-order valence-corrected chi connectivity index (χ2v) is 14.8. The highest BCUT2D eigenvalue weighted by molar-refractivity contribution is 5.78. The minimum atomic E-state index is -0.238. The van der Waals surface area contributed by atoms with Crippen LogP contribution in [0.4, 0.5) is 0 Å². The molecule has 22 nitrogen and oxygen atoms in total. The lowest BCUT2D eigenvalue weighted by atomic mass is 10.1. The molecule has 0 spiro atoms. The van der Waals surface area contributed by atoms with Gasteiger partial charge >= 0.3 is 0 Å². The lowest BCUT2D eigenvalue weighted by molar-refractivity contribution is -0.124. The van der Waals surface area contributed by atoms with Crippen LogP contribution in [0.1, 0.15) is 50.5 Å². The third-order valence-electron chi connectivity index (χ3n) is 9.62. The number of amides is 7. The number of rotatable bonds is 38. The van der Waals surface area contributed by atoms with Gasteiger partial charge in [0.2, 0.25) is 41.4 Å². The summed E-state index contributed by atoms with van der Waals surface area (Å²) < 4.78 is 0. The van der Waals surface area contributed by atoms with Gasteiger partial charge in [0.15, 0.2) is 0 Å². The van der Waals surface area contributed by atoms with E-state index in [1.165, 1.54) is 0 Å². The smallest absolute Gasteiger partial charge is 0.221 e. The number of hydrogen-bond donors (Lipinski definition) is 12. The monoisotopic (exact) mass is 893 g/mol. The molecule has 0 radical (unpaired) electrons. The summed E-state index contributed by atoms with van der Waals surface area (Å²) in [6, 6.07) is 6.74. The third-order valence-corrected chi connectivity index (χ3v) is 9.62. The second-order valence-electron chi connectivity index (χ2n) is 14.8. The summed E-state index contributed by atoms with van der Waals surface area (Å²) in [5.74, 6) is -1.15. The Morgan fingerprint density at radius 3 is 0.873 bits per heavy atom. The van der Waals surface area contributed by atoms with E-state index in [-0.39, 0.29) is 118 Å². The molecule has 0 aromatic heterocycles. The van der Waals surface area contributed by atoms with Gasteiger partial charge in [0.05, 0.1) is 0 Å². The van der Waals surface area contributed by atoms with Crippen LogP contribution in [0.3, 0.4) is 0 Å². The van der Waals surface area contributed by atoms with Gasteiger partial charge < -0.3 is 80.0 Å². The van der Waals surface area contributed by atoms with Gasteiger partial charge in [-0.3, -0.25) is 33.6 Å². The molecule has 0 unspecified atom stereocenters. The zero-order chi connectivity index (χ0) is 46.5. The lowest BCUT2D eigenvalue weighted by Crippen LogP contribution is -2.41. The van der Waals surface area contributed by atoms with Gasteiger partial charge in [-0.25, -0.2) is 0 Å². The Hall–Kier alpha value is -4.97. The van der Waals surface area contributed by atoms with Crippen LogP contribution in [0.2, 0.25) is 0 Å². The molecule has 0 aliphatic heterocycles. The van der Waals surface area contributed by atoms with Gasteiger partial charge in [-0.1, -0.05) is 12.1 Å². The zero-order valence-electron chi connectivity index (χ0n) is 37.1. The van der Waals surface area contributed by atoms with Crippen molar-refractivity contribution in [1.29, 1.82) is 0 Å². The van der Waals surface area contributed by atoms with Crippen LogP contribution in [0.15, 0.2) is 24.3 Å². The van der Waals surface area contributed by atoms with Crippen molar-refractivity contribution in [3.63, 3.8) is 0 Å². The molecule has 0 atom stereocenters. The molecule has 1 aromatic rings. The number of nitrogens with one attached hydrogen (secondary N) is 7. The van der Waals surface area contributed by atoms with E-state index in [4.69, 9.17) is 22.9 Å². The minimum absolute atomic E-state index is 0.0970. The van der Waals surface area contributed by atoms with E-state index in [9.17, 15) is 38.7 Å². The summed E-state index contributed by atoms with van der Waals surface area (Å²) in [5, 5.41) is 29.1. The van der Waals surface area contributed by atoms with Crippen molar-refractivity contribution in [1.82, 2.24) is 51.9 Å². The van der Waals surface area contributed by atoms with E-state index in [0.717, 1.165) is 5.56 Å². The maximum atomic E-state index is 13.0. The molecule has 0 fully saturated rings. The van der Waals surface area contributed by atoms with Gasteiger partial charge in [0.25, 0.3) is 0 Å². The Kier molecular flexibility index (Phi) is 32.5. The van der Waals surface area contributed by atoms with E-state index in [0.29, 0.717) is 111 Å². The molecular weight excluding hydrogens is 817 g/mol. The fourth-order valence-electron chi connectivity index (χ4n) is 6.00. The Morgan fingerprint density at radius 2 is 0.603 bits per heavy atom. The number of nitrogens with two attached hydrogens (primary N) is 4. The lowest BCUT2D eigenvalue weighted by Gasteiger charge is -2.24. The summed E-state index contributed by atoms with van der Waals surface area (Å²) >= 11 is 0. The zero-order valence-corrected chi connectivity index (χ0v) is 37.1. The van der Waals surface area contributed by atoms with Crippen LogP contribution >= 0.6 is 0 Å². The number of aromatic hydroxyl groups is 1. The van der Waals surface area contributed by atoms with Crippen LogP contribution < -0.4 is 60.2 Å². The molecule has 0 saturated carbocycles. The molecule has 63 heavy (non-hydrogen) atoms. The maximum absolute atomic E-state index is 13.0. The fraction of sp³-hybridized carbons (Fsp3) is 0.683. The molecular formula is C41H76N14O8. The highest BCUT2D eigenvalue weighted by atomic mass is 16.3. The predicted molar refractivity (Wildman–Crippen MR) is 241 cm³/mol. The molecule has 0 saturated heterocycles. The fourth-order valence-corrected chi connectivity index (χ4v) is 6.00. The van der Waals surface area contributed by atoms with Crippen molar-refractivity contribution in [2.45, 2.75) is 51.4 Å². The van der Waals surface area contributed by atoms with Gasteiger partial charge in [-0.05, 0) is 24.1 Å². The molecule has 0 heterocycles. The average Bonchev–Trinajstić information content (AvgIpc) is 3.27. The highest BCUT2D eigenvalue weighted by Gasteiger charge is 2.16. The van der Waals surface area contributed by atoms with E-state index in [1.807, 2.05) is 14.7 Å². The molecule has 358 valence electrons. The standard InChI is InChI=1S/C41H76N14O8/c42-13-18-47-36(58)9-27-54(28-10-37(59)48-19-14-43)31-22-51-40(62)7-25-53(24-6-35(57)46-17-5-33-1-3-34(56)4-2-33)26-8-41(63)52-23-32-55(29-11-38(60)49-20-15-44)30-12-39(61)50-21-16-45/h1-4,56H,5-32,42-45H2,(H,46,57)(H,47,58)(H,48,59)(H,49,60)(H,50,61)(H,51,62)(H,52,63). The number of phenols is 1. The first-order valence-electron chi connectivity index (χ1n) is 22.0. The third kappa shape index (κ3) is 31.5. The molecule has 22 heteroatoms. The summed E-state index contributed by atoms with van der Waals surface area (Å²) in [6.45, 7) is 6.81. The number of carbonyl (C=O) groups is 7. The van der Waals surface area contributed by atoms with E-state index >= 15 is 0 Å². The Bertz CT molecular complexity index is 1350. The first-order valence-corrected chi connectivity index (χ1v) is 22.0. The van der Waals surface area contributed by atoms with Crippen LogP contribution in [-0.2, 0) is 40.0 Å². The van der Waals surface area contributed by atoms with Crippen molar-refractivity contribution < 1.29 is 38.7 Å². The summed E-state index contributed by atoms with van der Waals surface area (Å²) in [6.07, 6.45) is 1.71. The van der Waals surface area contributed by atoms with Gasteiger partial charge in [0, 0.05) is 176 Å². The first kappa shape index (κ1) is 56.0. The minimum Gasteiger partial charge on any atom is -0.508 e. The normalized spacial score (nSPS) is 11.0. The van der Waals surface area contributed by atoms with Crippen molar-refractivity contribution in [2.75, 3.05) is 131 Å². The van der Waals surface area contributed by atoms with Crippen LogP contribution in [0, 0.1) is 0 Å². The quantitative estimate of drug-likeness (QED) is 0.0297. The average molecular weight is 893 g/mol. The topological polar surface area (TPSA) is 338 Å². The number of benzene rings is 1. The number of carbonyl (C=O) groups excluding carboxylic acids is 7. The molecule has 1 rings (SSSR count). The second kappa shape index (κ2) is 36.5. The van der Waals surface area contributed by atoms with E-state index in [1.54, 1.807) is 24.3 Å². The van der Waals surface area contributed by atoms with Crippen molar-refractivity contribution in [2.24, 2.45) is 22.9 Å². The predicted octanol–water partition coefficient (Wildman–Crippen LogP) is -4.78. The summed E-state index contributed by atoms with van der Waals surface area (Å²) in [5.41, 5.74) is 22.9. The Balaban J connectivity index is 2.80. The number of nitrogens with zero attached hydrogens (tertiary/aromatic N) is 3. The highest BCUT2D eigenvalue weighted by Crippen LogP contribution is 2.09. The van der Waals surface area contributed by atoms with E-state index < -0.39 is 0 Å². The maximum Gasteiger partial charge on any atom is 0.221 e. The summed E-state index contributed by atoms with van der Waals surface area (Å²) in [4.78, 5) is 93.4. The Labute approximate surface area is 372 Å². The van der Waals surface area contributed by atoms with Crippen molar-refractivity contribution in [3.8, 4) is 5.75 Å². The van der Waals surface area contributed by atoms with Crippen molar-refractivity contribution >= 4 is 41.4 Å². The molecule has 0 bridgehead atoms.